The van der Waals surface area contributed by atoms with Crippen molar-refractivity contribution in [2.24, 2.45) is 0 Å². The molecular weight excluding hydrogens is 214 g/mol. The number of nitrogens with zero attached hydrogens (tertiary/aromatic N) is 1. The standard InChI is InChI=1S/C10H7NOS2/c1-13-9-4-8(12)10-6(2-3-14-10)7(9)5-11/h2-4,12H,1H3. The predicted octanol–water partition coefficient (Wildman–Crippen LogP) is 3.20. The molecule has 0 atom stereocenters. The van der Waals surface area contributed by atoms with Gasteiger partial charge in [0.1, 0.15) is 11.8 Å². The van der Waals surface area contributed by atoms with Gasteiger partial charge in [0.25, 0.3) is 0 Å². The molecule has 0 saturated heterocycles. The fourth-order valence-electron chi connectivity index (χ4n) is 1.38. The van der Waals surface area contributed by atoms with Crippen LogP contribution in [0.5, 0.6) is 5.75 Å². The van der Waals surface area contributed by atoms with Gasteiger partial charge in [0.15, 0.2) is 0 Å². The van der Waals surface area contributed by atoms with Gasteiger partial charge in [-0.2, -0.15) is 5.26 Å². The van der Waals surface area contributed by atoms with E-state index in [4.69, 9.17) is 5.26 Å². The van der Waals surface area contributed by atoms with Crippen LogP contribution in [0.25, 0.3) is 10.1 Å². The lowest BCUT2D eigenvalue weighted by Gasteiger charge is -2.03. The summed E-state index contributed by atoms with van der Waals surface area (Å²) in [5, 5.41) is 21.4. The number of phenolic OH excluding ortho intramolecular Hbond substituents is 1. The molecule has 70 valence electrons. The van der Waals surface area contributed by atoms with E-state index in [0.29, 0.717) is 5.56 Å². The predicted molar refractivity (Wildman–Crippen MR) is 60.0 cm³/mol. The van der Waals surface area contributed by atoms with Crippen LogP contribution in [0.2, 0.25) is 0 Å². The first-order valence-electron chi connectivity index (χ1n) is 3.95. The van der Waals surface area contributed by atoms with E-state index in [1.807, 2.05) is 17.7 Å². The maximum Gasteiger partial charge on any atom is 0.134 e. The molecule has 0 unspecified atom stereocenters. The zero-order valence-corrected chi connectivity index (χ0v) is 9.08. The van der Waals surface area contributed by atoms with E-state index in [2.05, 4.69) is 6.07 Å². The molecule has 2 rings (SSSR count). The maximum absolute atomic E-state index is 9.68. The Morgan fingerprint density at radius 1 is 1.57 bits per heavy atom. The van der Waals surface area contributed by atoms with Crippen molar-refractivity contribution < 1.29 is 5.11 Å². The molecule has 4 heteroatoms. The third-order valence-corrected chi connectivity index (χ3v) is 3.71. The van der Waals surface area contributed by atoms with Gasteiger partial charge in [-0.3, -0.25) is 0 Å². The number of rotatable bonds is 1. The van der Waals surface area contributed by atoms with Crippen LogP contribution >= 0.6 is 23.1 Å². The van der Waals surface area contributed by atoms with Crippen LogP contribution in [0.15, 0.2) is 22.4 Å². The molecule has 14 heavy (non-hydrogen) atoms. The first-order valence-corrected chi connectivity index (χ1v) is 6.05. The average molecular weight is 221 g/mol. The van der Waals surface area contributed by atoms with Crippen LogP contribution in [0.3, 0.4) is 0 Å². The molecule has 0 aliphatic carbocycles. The second-order valence-corrected chi connectivity index (χ2v) is 4.51. The Balaban J connectivity index is 2.91. The number of benzene rings is 1. The summed E-state index contributed by atoms with van der Waals surface area (Å²) in [5.74, 6) is 0.262. The van der Waals surface area contributed by atoms with Crippen molar-refractivity contribution in [3.63, 3.8) is 0 Å². The summed E-state index contributed by atoms with van der Waals surface area (Å²) in [5.41, 5.74) is 0.659. The molecular formula is C10H7NOS2. The molecule has 0 radical (unpaired) electrons. The van der Waals surface area contributed by atoms with E-state index in [1.54, 1.807) is 6.07 Å². The molecule has 1 N–H and O–H groups in total. The number of hydrogen-bond acceptors (Lipinski definition) is 4. The molecule has 2 nitrogen and oxygen atoms in total. The number of phenols is 1. The summed E-state index contributed by atoms with van der Waals surface area (Å²) in [6, 6.07) is 5.71. The van der Waals surface area contributed by atoms with Gasteiger partial charge >= 0.3 is 0 Å². The van der Waals surface area contributed by atoms with Gasteiger partial charge in [-0.05, 0) is 23.8 Å². The Bertz CT molecular complexity index is 525. The van der Waals surface area contributed by atoms with Gasteiger partial charge in [0.2, 0.25) is 0 Å². The monoisotopic (exact) mass is 221 g/mol. The zero-order chi connectivity index (χ0) is 10.1. The Kier molecular flexibility index (Phi) is 2.36. The number of nitriles is 1. The second-order valence-electron chi connectivity index (χ2n) is 2.75. The third kappa shape index (κ3) is 1.26. The van der Waals surface area contributed by atoms with Crippen LogP contribution in [-0.2, 0) is 0 Å². The highest BCUT2D eigenvalue weighted by Gasteiger charge is 2.11. The smallest absolute Gasteiger partial charge is 0.134 e. The van der Waals surface area contributed by atoms with Crippen molar-refractivity contribution in [2.45, 2.75) is 4.90 Å². The van der Waals surface area contributed by atoms with Gasteiger partial charge < -0.3 is 5.11 Å². The summed E-state index contributed by atoms with van der Waals surface area (Å²) in [6.07, 6.45) is 1.90. The maximum atomic E-state index is 9.68. The summed E-state index contributed by atoms with van der Waals surface area (Å²) in [6.45, 7) is 0. The van der Waals surface area contributed by atoms with Crippen molar-refractivity contribution in [3.05, 3.63) is 23.1 Å². The van der Waals surface area contributed by atoms with Crippen molar-refractivity contribution >= 4 is 33.2 Å². The lowest BCUT2D eigenvalue weighted by molar-refractivity contribution is 0.481. The van der Waals surface area contributed by atoms with Crippen molar-refractivity contribution in [2.75, 3.05) is 6.26 Å². The Hall–Kier alpha value is -1.18. The summed E-state index contributed by atoms with van der Waals surface area (Å²) < 4.78 is 0.791. The molecule has 0 spiro atoms. The van der Waals surface area contributed by atoms with Gasteiger partial charge in [-0.25, -0.2) is 0 Å². The quantitative estimate of drug-likeness (QED) is 0.752. The van der Waals surface area contributed by atoms with E-state index in [-0.39, 0.29) is 5.75 Å². The molecule has 0 fully saturated rings. The van der Waals surface area contributed by atoms with Crippen LogP contribution in [-0.4, -0.2) is 11.4 Å². The largest absolute Gasteiger partial charge is 0.506 e. The number of thioether (sulfide) groups is 1. The second kappa shape index (κ2) is 3.52. The van der Waals surface area contributed by atoms with Crippen molar-refractivity contribution in [3.8, 4) is 11.8 Å². The fraction of sp³-hybridized carbons (Fsp3) is 0.100. The normalized spacial score (nSPS) is 10.3. The highest BCUT2D eigenvalue weighted by molar-refractivity contribution is 7.98. The highest BCUT2D eigenvalue weighted by atomic mass is 32.2. The van der Waals surface area contributed by atoms with Crippen molar-refractivity contribution in [1.82, 2.24) is 0 Å². The van der Waals surface area contributed by atoms with Gasteiger partial charge in [-0.1, -0.05) is 0 Å². The molecule has 1 heterocycles. The highest BCUT2D eigenvalue weighted by Crippen LogP contribution is 2.37. The first-order chi connectivity index (χ1) is 6.77. The van der Waals surface area contributed by atoms with Crippen LogP contribution in [0.1, 0.15) is 5.56 Å². The van der Waals surface area contributed by atoms with Crippen LogP contribution in [0, 0.1) is 11.3 Å². The minimum atomic E-state index is 0.262. The van der Waals surface area contributed by atoms with Gasteiger partial charge in [-0.15, -0.1) is 23.1 Å². The zero-order valence-electron chi connectivity index (χ0n) is 7.44. The van der Waals surface area contributed by atoms with Crippen LogP contribution in [0.4, 0.5) is 0 Å². The Morgan fingerprint density at radius 3 is 3.00 bits per heavy atom. The van der Waals surface area contributed by atoms with E-state index < -0.39 is 0 Å². The molecule has 0 aliphatic heterocycles. The SMILES string of the molecule is CSc1cc(O)c2sccc2c1C#N. The van der Waals surface area contributed by atoms with E-state index in [1.165, 1.54) is 23.1 Å². The fourth-order valence-corrected chi connectivity index (χ4v) is 2.78. The number of hydrogen-bond donors (Lipinski definition) is 1. The van der Waals surface area contributed by atoms with Crippen molar-refractivity contribution in [1.29, 1.82) is 5.26 Å². The summed E-state index contributed by atoms with van der Waals surface area (Å²) >= 11 is 2.93. The summed E-state index contributed by atoms with van der Waals surface area (Å²) in [7, 11) is 0. The third-order valence-electron chi connectivity index (χ3n) is 2.01. The lowest BCUT2D eigenvalue weighted by atomic mass is 10.1. The number of fused-ring (bicyclic) bond motifs is 1. The average Bonchev–Trinajstić information content (AvgIpc) is 2.66. The summed E-state index contributed by atoms with van der Waals surface area (Å²) in [4.78, 5) is 0.830. The van der Waals surface area contributed by atoms with E-state index >= 15 is 0 Å². The minimum absolute atomic E-state index is 0.262. The number of thiophene rings is 1. The molecule has 0 bridgehead atoms. The Labute approximate surface area is 89.8 Å². The molecule has 0 amide bonds. The van der Waals surface area contributed by atoms with Crippen LogP contribution < -0.4 is 0 Å². The minimum Gasteiger partial charge on any atom is -0.506 e. The lowest BCUT2D eigenvalue weighted by Crippen LogP contribution is -1.81. The molecule has 1 aromatic heterocycles. The first kappa shape index (κ1) is 9.38. The topological polar surface area (TPSA) is 44.0 Å². The van der Waals surface area contributed by atoms with E-state index in [9.17, 15) is 5.11 Å². The van der Waals surface area contributed by atoms with Gasteiger partial charge in [0, 0.05) is 10.3 Å². The van der Waals surface area contributed by atoms with Gasteiger partial charge in [0.05, 0.1) is 10.3 Å². The van der Waals surface area contributed by atoms with E-state index in [0.717, 1.165) is 15.0 Å². The molecule has 0 saturated carbocycles. The molecule has 0 aliphatic rings. The number of aromatic hydroxyl groups is 1. The molecule has 1 aromatic carbocycles. The Morgan fingerprint density at radius 2 is 2.36 bits per heavy atom. The molecule has 2 aromatic rings.